The molecule has 0 aliphatic heterocycles. The van der Waals surface area contributed by atoms with Crippen molar-refractivity contribution in [3.05, 3.63) is 80.8 Å². The van der Waals surface area contributed by atoms with Crippen molar-refractivity contribution >= 4 is 27.7 Å². The average molecular weight is 419 g/mol. The predicted molar refractivity (Wildman–Crippen MR) is 96.6 cm³/mol. The molecule has 3 aromatic rings. The maximum absolute atomic E-state index is 12.1. The van der Waals surface area contributed by atoms with Gasteiger partial charge in [0, 0.05) is 30.0 Å². The first-order valence-electron chi connectivity index (χ1n) is 7.61. The highest BCUT2D eigenvalue weighted by Crippen LogP contribution is 2.13. The molecule has 0 aliphatic carbocycles. The number of rotatable bonds is 4. The first-order chi connectivity index (χ1) is 12.4. The number of hydrogen-bond acceptors (Lipinski definition) is 4. The number of amides is 2. The van der Waals surface area contributed by atoms with E-state index >= 15 is 0 Å². The summed E-state index contributed by atoms with van der Waals surface area (Å²) in [6, 6.07) is 9.52. The van der Waals surface area contributed by atoms with Crippen molar-refractivity contribution in [1.29, 1.82) is 0 Å². The molecule has 0 bridgehead atoms. The zero-order valence-corrected chi connectivity index (χ0v) is 15.3. The van der Waals surface area contributed by atoms with E-state index < -0.39 is 11.8 Å². The standard InChI is InChI=1S/C17H15BrN4O4/c1-21-9-11(18)8-13(21)16(24)19-20-17(25)14-6-5-12(26-14)10-22-7-3-2-4-15(22)23/h2-9H,10H2,1H3,(H,19,24)(H,20,25). The summed E-state index contributed by atoms with van der Waals surface area (Å²) in [5.41, 5.74) is 4.82. The van der Waals surface area contributed by atoms with Crippen molar-refractivity contribution in [2.24, 2.45) is 7.05 Å². The Morgan fingerprint density at radius 1 is 1.15 bits per heavy atom. The van der Waals surface area contributed by atoms with Gasteiger partial charge in [0.15, 0.2) is 5.76 Å². The van der Waals surface area contributed by atoms with Crippen LogP contribution in [-0.4, -0.2) is 20.9 Å². The van der Waals surface area contributed by atoms with Crippen molar-refractivity contribution in [2.75, 3.05) is 0 Å². The highest BCUT2D eigenvalue weighted by atomic mass is 79.9. The van der Waals surface area contributed by atoms with E-state index in [2.05, 4.69) is 26.8 Å². The first kappa shape index (κ1) is 17.7. The molecule has 134 valence electrons. The van der Waals surface area contributed by atoms with Gasteiger partial charge in [-0.15, -0.1) is 0 Å². The zero-order valence-electron chi connectivity index (χ0n) is 13.7. The third kappa shape index (κ3) is 3.94. The lowest BCUT2D eigenvalue weighted by Crippen LogP contribution is -2.42. The third-order valence-electron chi connectivity index (χ3n) is 3.60. The molecular weight excluding hydrogens is 404 g/mol. The Morgan fingerprint density at radius 2 is 1.92 bits per heavy atom. The second kappa shape index (κ2) is 7.44. The number of carbonyl (C=O) groups is 2. The molecule has 2 N–H and O–H groups in total. The van der Waals surface area contributed by atoms with Crippen LogP contribution < -0.4 is 16.4 Å². The number of nitrogens with zero attached hydrogens (tertiary/aromatic N) is 2. The molecule has 8 nitrogen and oxygen atoms in total. The number of aromatic nitrogens is 2. The SMILES string of the molecule is Cn1cc(Br)cc1C(=O)NNC(=O)c1ccc(Cn2ccccc2=O)o1. The summed E-state index contributed by atoms with van der Waals surface area (Å²) in [5, 5.41) is 0. The number of carbonyl (C=O) groups excluding carboxylic acids is 2. The average Bonchev–Trinajstić information content (AvgIpc) is 3.20. The van der Waals surface area contributed by atoms with Crippen LogP contribution in [0.25, 0.3) is 0 Å². The van der Waals surface area contributed by atoms with E-state index in [0.717, 1.165) is 4.47 Å². The van der Waals surface area contributed by atoms with Crippen LogP contribution >= 0.6 is 15.9 Å². The molecular formula is C17H15BrN4O4. The van der Waals surface area contributed by atoms with E-state index in [0.29, 0.717) is 11.5 Å². The van der Waals surface area contributed by atoms with Gasteiger partial charge in [-0.2, -0.15) is 0 Å². The van der Waals surface area contributed by atoms with Gasteiger partial charge in [0.2, 0.25) is 0 Å². The second-order valence-electron chi connectivity index (χ2n) is 5.50. The predicted octanol–water partition coefficient (Wildman–Crippen LogP) is 1.67. The molecule has 9 heteroatoms. The van der Waals surface area contributed by atoms with Crippen LogP contribution in [0.15, 0.2) is 62.5 Å². The fourth-order valence-electron chi connectivity index (χ4n) is 2.33. The van der Waals surface area contributed by atoms with Gasteiger partial charge in [0.25, 0.3) is 11.5 Å². The number of aryl methyl sites for hydroxylation is 1. The van der Waals surface area contributed by atoms with E-state index in [1.807, 2.05) is 0 Å². The minimum atomic E-state index is -0.599. The van der Waals surface area contributed by atoms with Crippen LogP contribution in [0, 0.1) is 0 Å². The minimum absolute atomic E-state index is 0.0253. The molecule has 0 atom stereocenters. The first-order valence-corrected chi connectivity index (χ1v) is 8.40. The maximum atomic E-state index is 12.1. The summed E-state index contributed by atoms with van der Waals surface area (Å²) < 4.78 is 9.26. The van der Waals surface area contributed by atoms with Crippen LogP contribution in [0.3, 0.4) is 0 Å². The lowest BCUT2D eigenvalue weighted by molar-refractivity contribution is 0.0825. The quantitative estimate of drug-likeness (QED) is 0.629. The van der Waals surface area contributed by atoms with E-state index in [4.69, 9.17) is 4.42 Å². The van der Waals surface area contributed by atoms with Gasteiger partial charge in [-0.25, -0.2) is 0 Å². The number of nitrogens with one attached hydrogen (secondary N) is 2. The summed E-state index contributed by atoms with van der Waals surface area (Å²) in [4.78, 5) is 35.9. The normalized spacial score (nSPS) is 10.5. The van der Waals surface area contributed by atoms with Gasteiger partial charge in [0.05, 0.1) is 6.54 Å². The molecule has 3 heterocycles. The Kier molecular flexibility index (Phi) is 5.08. The highest BCUT2D eigenvalue weighted by Gasteiger charge is 2.15. The van der Waals surface area contributed by atoms with Crippen LogP contribution in [0.4, 0.5) is 0 Å². The number of halogens is 1. The Hall–Kier alpha value is -3.07. The Balaban J connectivity index is 1.61. The lowest BCUT2D eigenvalue weighted by Gasteiger charge is -2.06. The van der Waals surface area contributed by atoms with Crippen molar-refractivity contribution in [3.63, 3.8) is 0 Å². The fraction of sp³-hybridized carbons (Fsp3) is 0.118. The molecule has 0 fully saturated rings. The van der Waals surface area contributed by atoms with Crippen molar-refractivity contribution < 1.29 is 14.0 Å². The fourth-order valence-corrected chi connectivity index (χ4v) is 2.86. The van der Waals surface area contributed by atoms with E-state index in [-0.39, 0.29) is 17.9 Å². The molecule has 0 aliphatic rings. The summed E-state index contributed by atoms with van der Waals surface area (Å²) >= 11 is 3.28. The van der Waals surface area contributed by atoms with Crippen molar-refractivity contribution in [1.82, 2.24) is 20.0 Å². The monoisotopic (exact) mass is 418 g/mol. The molecule has 3 aromatic heterocycles. The molecule has 0 unspecified atom stereocenters. The minimum Gasteiger partial charge on any atom is -0.454 e. The highest BCUT2D eigenvalue weighted by molar-refractivity contribution is 9.10. The largest absolute Gasteiger partial charge is 0.454 e. The summed E-state index contributed by atoms with van der Waals surface area (Å²) in [5.74, 6) is -0.592. The van der Waals surface area contributed by atoms with Crippen molar-refractivity contribution in [2.45, 2.75) is 6.54 Å². The van der Waals surface area contributed by atoms with E-state index in [1.165, 1.54) is 16.7 Å². The van der Waals surface area contributed by atoms with Crippen LogP contribution in [0.2, 0.25) is 0 Å². The smallest absolute Gasteiger partial charge is 0.305 e. The van der Waals surface area contributed by atoms with Gasteiger partial charge < -0.3 is 13.6 Å². The van der Waals surface area contributed by atoms with Gasteiger partial charge in [-0.1, -0.05) is 6.07 Å². The van der Waals surface area contributed by atoms with Gasteiger partial charge in [0.1, 0.15) is 11.5 Å². The van der Waals surface area contributed by atoms with Gasteiger partial charge in [-0.3, -0.25) is 25.2 Å². The molecule has 0 radical (unpaired) electrons. The lowest BCUT2D eigenvalue weighted by atomic mass is 10.4. The van der Waals surface area contributed by atoms with E-state index in [1.54, 1.807) is 48.3 Å². The van der Waals surface area contributed by atoms with E-state index in [9.17, 15) is 14.4 Å². The van der Waals surface area contributed by atoms with Crippen LogP contribution in [-0.2, 0) is 13.6 Å². The van der Waals surface area contributed by atoms with Crippen LogP contribution in [0.1, 0.15) is 26.8 Å². The third-order valence-corrected chi connectivity index (χ3v) is 4.04. The Bertz CT molecular complexity index is 1020. The molecule has 2 amide bonds. The summed E-state index contributed by atoms with van der Waals surface area (Å²) in [7, 11) is 1.71. The molecule has 3 rings (SSSR count). The Labute approximate surface area is 156 Å². The molecule has 26 heavy (non-hydrogen) atoms. The summed E-state index contributed by atoms with van der Waals surface area (Å²) in [6.07, 6.45) is 3.35. The number of furan rings is 1. The number of hydrazine groups is 1. The topological polar surface area (TPSA) is 98.3 Å². The van der Waals surface area contributed by atoms with Crippen molar-refractivity contribution in [3.8, 4) is 0 Å². The van der Waals surface area contributed by atoms with Gasteiger partial charge >= 0.3 is 5.91 Å². The number of pyridine rings is 1. The number of hydrogen-bond donors (Lipinski definition) is 2. The maximum Gasteiger partial charge on any atom is 0.305 e. The van der Waals surface area contributed by atoms with Gasteiger partial charge in [-0.05, 0) is 40.2 Å². The zero-order chi connectivity index (χ0) is 18.7. The second-order valence-corrected chi connectivity index (χ2v) is 6.41. The molecule has 0 saturated heterocycles. The molecule has 0 aromatic carbocycles. The Morgan fingerprint density at radius 3 is 2.62 bits per heavy atom. The summed E-state index contributed by atoms with van der Waals surface area (Å²) in [6.45, 7) is 0.205. The molecule has 0 spiro atoms. The molecule has 0 saturated carbocycles. The van der Waals surface area contributed by atoms with Crippen LogP contribution in [0.5, 0.6) is 0 Å².